The Balaban J connectivity index is 2.63. The van der Waals surface area contributed by atoms with E-state index in [1.54, 1.807) is 12.1 Å². The van der Waals surface area contributed by atoms with E-state index < -0.39 is 0 Å². The van der Waals surface area contributed by atoms with Gasteiger partial charge < -0.3 is 23.7 Å². The van der Waals surface area contributed by atoms with Crippen molar-refractivity contribution >= 4 is 11.9 Å². The van der Waals surface area contributed by atoms with Gasteiger partial charge in [0.05, 0.1) is 36.1 Å². The Hall–Kier alpha value is -3.15. The monoisotopic (exact) mass is 638 g/mol. The van der Waals surface area contributed by atoms with Crippen LogP contribution in [0.4, 0.5) is 0 Å². The van der Waals surface area contributed by atoms with E-state index in [1.165, 1.54) is 0 Å². The molecule has 0 amide bonds. The fourth-order valence-corrected chi connectivity index (χ4v) is 5.56. The number of benzene rings is 2. The zero-order chi connectivity index (χ0) is 34.1. The molecule has 0 bridgehead atoms. The molecule has 0 spiro atoms. The Morgan fingerprint density at radius 2 is 1.02 bits per heavy atom. The Kier molecular flexibility index (Phi) is 17.7. The lowest BCUT2D eigenvalue weighted by Gasteiger charge is -2.24. The second-order valence-electron chi connectivity index (χ2n) is 12.8. The summed E-state index contributed by atoms with van der Waals surface area (Å²) in [6, 6.07) is 9.52. The summed E-state index contributed by atoms with van der Waals surface area (Å²) in [6.45, 7) is 21.0. The summed E-state index contributed by atoms with van der Waals surface area (Å²) in [5.41, 5.74) is 1.21. The van der Waals surface area contributed by atoms with Crippen molar-refractivity contribution in [1.82, 2.24) is 0 Å². The topological polar surface area (TPSA) is 63.2 Å². The van der Waals surface area contributed by atoms with Crippen molar-refractivity contribution in [3.8, 4) is 28.7 Å². The normalized spacial score (nSPS) is 14.7. The van der Waals surface area contributed by atoms with Crippen LogP contribution in [0.5, 0.6) is 28.7 Å². The number of hydrogen-bond donors (Lipinski definition) is 0. The number of ether oxygens (including phenoxy) is 5. The molecule has 0 aliphatic heterocycles. The molecule has 0 fully saturated rings. The largest absolute Gasteiger partial charge is 0.491 e. The molecule has 0 aromatic heterocycles. The molecule has 5 unspecified atom stereocenters. The molecule has 258 valence electrons. The first kappa shape index (κ1) is 39.0. The van der Waals surface area contributed by atoms with E-state index in [9.17, 15) is 4.79 Å². The highest BCUT2D eigenvalue weighted by molar-refractivity contribution is 6.09. The van der Waals surface area contributed by atoms with Gasteiger partial charge >= 0.3 is 0 Å². The molecule has 0 aliphatic rings. The van der Waals surface area contributed by atoms with Crippen molar-refractivity contribution in [2.45, 2.75) is 164 Å². The van der Waals surface area contributed by atoms with Gasteiger partial charge in [-0.25, -0.2) is 0 Å². The van der Waals surface area contributed by atoms with Crippen molar-refractivity contribution in [3.05, 3.63) is 47.5 Å². The molecule has 6 nitrogen and oxygen atoms in total. The molecular formula is C40H62O6. The quantitative estimate of drug-likeness (QED) is 0.0891. The number of carbonyl (C=O) groups excluding carboxylic acids is 1. The number of allylic oxidation sites excluding steroid dienone is 1. The van der Waals surface area contributed by atoms with Gasteiger partial charge in [-0.15, -0.1) is 0 Å². The van der Waals surface area contributed by atoms with Gasteiger partial charge in [0.2, 0.25) is 0 Å². The summed E-state index contributed by atoms with van der Waals surface area (Å²) in [5.74, 6) is 2.88. The predicted molar refractivity (Wildman–Crippen MR) is 191 cm³/mol. The van der Waals surface area contributed by atoms with Crippen LogP contribution in [0.15, 0.2) is 36.4 Å². The SMILES string of the molecule is CCCC(C)Oc1ccc(OC(C)CCC)c(C=CC(=O)c2cc(OC(C)CCC)cc(OC(C)CCC)c2OC(C)CCC)c1. The second-order valence-corrected chi connectivity index (χ2v) is 12.8. The van der Waals surface area contributed by atoms with Crippen LogP contribution in [0.25, 0.3) is 6.08 Å². The van der Waals surface area contributed by atoms with E-state index in [0.29, 0.717) is 22.8 Å². The van der Waals surface area contributed by atoms with Crippen molar-refractivity contribution in [3.63, 3.8) is 0 Å². The van der Waals surface area contributed by atoms with Crippen LogP contribution >= 0.6 is 0 Å². The van der Waals surface area contributed by atoms with Crippen LogP contribution < -0.4 is 23.7 Å². The van der Waals surface area contributed by atoms with Crippen LogP contribution in [0.2, 0.25) is 0 Å². The first-order chi connectivity index (χ1) is 22.0. The number of rotatable bonds is 23. The van der Waals surface area contributed by atoms with E-state index >= 15 is 0 Å². The number of carbonyl (C=O) groups is 1. The van der Waals surface area contributed by atoms with E-state index in [4.69, 9.17) is 23.7 Å². The van der Waals surface area contributed by atoms with Gasteiger partial charge in [-0.05, 0) is 103 Å². The lowest BCUT2D eigenvalue weighted by molar-refractivity contribution is 0.103. The highest BCUT2D eigenvalue weighted by atomic mass is 16.5. The fraction of sp³-hybridized carbons (Fsp3) is 0.625. The van der Waals surface area contributed by atoms with E-state index in [2.05, 4.69) is 62.3 Å². The molecule has 0 radical (unpaired) electrons. The first-order valence-corrected chi connectivity index (χ1v) is 17.9. The molecular weight excluding hydrogens is 576 g/mol. The van der Waals surface area contributed by atoms with Gasteiger partial charge in [-0.2, -0.15) is 0 Å². The molecule has 0 N–H and O–H groups in total. The van der Waals surface area contributed by atoms with Gasteiger partial charge in [-0.1, -0.05) is 66.7 Å². The summed E-state index contributed by atoms with van der Waals surface area (Å²) in [6.07, 6.45) is 13.0. The van der Waals surface area contributed by atoms with Gasteiger partial charge in [-0.3, -0.25) is 4.79 Å². The summed E-state index contributed by atoms with van der Waals surface area (Å²) in [4.78, 5) is 14.1. The smallest absolute Gasteiger partial charge is 0.189 e. The Labute approximate surface area is 280 Å². The van der Waals surface area contributed by atoms with Gasteiger partial charge in [0.1, 0.15) is 17.2 Å². The minimum absolute atomic E-state index is 0.00199. The average molecular weight is 639 g/mol. The maximum absolute atomic E-state index is 14.1. The second kappa shape index (κ2) is 20.9. The maximum Gasteiger partial charge on any atom is 0.189 e. The standard InChI is InChI=1S/C40H62O6/c1-11-16-28(6)42-34-22-24-38(44-30(8)18-13-3)33(25-34)21-23-37(41)36-26-35(43-29(7)17-12-2)27-39(45-31(9)19-14-4)40(36)46-32(10)20-15-5/h21-32H,11-20H2,1-10H3. The zero-order valence-electron chi connectivity index (χ0n) is 30.4. The Morgan fingerprint density at radius 3 is 1.54 bits per heavy atom. The average Bonchev–Trinajstić information content (AvgIpc) is 2.98. The molecule has 0 saturated heterocycles. The van der Waals surface area contributed by atoms with Gasteiger partial charge in [0, 0.05) is 11.6 Å². The third-order valence-corrected chi connectivity index (χ3v) is 7.82. The molecule has 0 heterocycles. The van der Waals surface area contributed by atoms with Crippen molar-refractivity contribution < 1.29 is 28.5 Å². The minimum atomic E-state index is -0.196. The molecule has 0 aliphatic carbocycles. The first-order valence-electron chi connectivity index (χ1n) is 17.9. The number of ketones is 1. The molecule has 5 atom stereocenters. The molecule has 2 aromatic carbocycles. The molecule has 46 heavy (non-hydrogen) atoms. The molecule has 2 rings (SSSR count). The molecule has 6 heteroatoms. The van der Waals surface area contributed by atoms with Crippen LogP contribution in [-0.4, -0.2) is 36.3 Å². The van der Waals surface area contributed by atoms with Crippen LogP contribution in [0.1, 0.15) is 149 Å². The summed E-state index contributed by atoms with van der Waals surface area (Å²) in [7, 11) is 0. The third kappa shape index (κ3) is 13.3. The minimum Gasteiger partial charge on any atom is -0.491 e. The van der Waals surface area contributed by atoms with Crippen molar-refractivity contribution in [1.29, 1.82) is 0 Å². The Morgan fingerprint density at radius 1 is 0.565 bits per heavy atom. The van der Waals surface area contributed by atoms with Gasteiger partial charge in [0.15, 0.2) is 17.3 Å². The van der Waals surface area contributed by atoms with Crippen LogP contribution in [0.3, 0.4) is 0 Å². The van der Waals surface area contributed by atoms with Crippen LogP contribution in [0, 0.1) is 0 Å². The molecule has 2 aromatic rings. The lowest BCUT2D eigenvalue weighted by atomic mass is 10.0. The zero-order valence-corrected chi connectivity index (χ0v) is 30.4. The van der Waals surface area contributed by atoms with Crippen molar-refractivity contribution in [2.24, 2.45) is 0 Å². The van der Waals surface area contributed by atoms with E-state index in [-0.39, 0.29) is 36.3 Å². The molecule has 0 saturated carbocycles. The Bertz CT molecular complexity index is 1200. The van der Waals surface area contributed by atoms with E-state index in [1.807, 2.05) is 37.3 Å². The van der Waals surface area contributed by atoms with Crippen molar-refractivity contribution in [2.75, 3.05) is 0 Å². The van der Waals surface area contributed by atoms with Gasteiger partial charge in [0.25, 0.3) is 0 Å². The van der Waals surface area contributed by atoms with E-state index in [0.717, 1.165) is 81.3 Å². The summed E-state index contributed by atoms with van der Waals surface area (Å²) in [5, 5.41) is 0. The lowest BCUT2D eigenvalue weighted by Crippen LogP contribution is -2.18. The predicted octanol–water partition coefficient (Wildman–Crippen LogP) is 11.4. The maximum atomic E-state index is 14.1. The highest BCUT2D eigenvalue weighted by Gasteiger charge is 2.23. The van der Waals surface area contributed by atoms with Crippen LogP contribution in [-0.2, 0) is 0 Å². The highest BCUT2D eigenvalue weighted by Crippen LogP contribution is 2.39. The summed E-state index contributed by atoms with van der Waals surface area (Å²) < 4.78 is 31.8. The summed E-state index contributed by atoms with van der Waals surface area (Å²) >= 11 is 0. The third-order valence-electron chi connectivity index (χ3n) is 7.82. The fourth-order valence-electron chi connectivity index (χ4n) is 5.56. The number of hydrogen-bond acceptors (Lipinski definition) is 6.